The summed E-state index contributed by atoms with van der Waals surface area (Å²) in [4.78, 5) is 6.94. The minimum absolute atomic E-state index is 0.459. The summed E-state index contributed by atoms with van der Waals surface area (Å²) in [6.07, 6.45) is 5.49. The summed E-state index contributed by atoms with van der Waals surface area (Å²) in [6.45, 7) is 2.87. The van der Waals surface area contributed by atoms with E-state index in [9.17, 15) is 0 Å². The van der Waals surface area contributed by atoms with Crippen LogP contribution < -0.4 is 20.3 Å². The Bertz CT molecular complexity index is 925. The Balaban J connectivity index is 1.38. The Kier molecular flexibility index (Phi) is 6.04. The van der Waals surface area contributed by atoms with Gasteiger partial charge in [-0.15, -0.1) is 5.10 Å². The Morgan fingerprint density at radius 3 is 2.59 bits per heavy atom. The van der Waals surface area contributed by atoms with Gasteiger partial charge in [-0.25, -0.2) is 0 Å². The number of anilines is 4. The molecule has 1 fully saturated rings. The number of methoxy groups -OCH3 is 1. The fourth-order valence-corrected chi connectivity index (χ4v) is 3.51. The van der Waals surface area contributed by atoms with Crippen molar-refractivity contribution in [3.05, 3.63) is 60.3 Å². The van der Waals surface area contributed by atoms with E-state index in [-0.39, 0.29) is 0 Å². The van der Waals surface area contributed by atoms with Crippen LogP contribution in [0.3, 0.4) is 0 Å². The summed E-state index contributed by atoms with van der Waals surface area (Å²) < 4.78 is 5.39. The highest BCUT2D eigenvalue weighted by atomic mass is 16.5. The monoisotopic (exact) mass is 390 g/mol. The fraction of sp³-hybridized carbons (Fsp3) is 0.318. The first-order valence-corrected chi connectivity index (χ1v) is 9.99. The topological polar surface area (TPSA) is 75.2 Å². The molecule has 3 aromatic rings. The number of hydrogen-bond acceptors (Lipinski definition) is 7. The molecule has 0 bridgehead atoms. The summed E-state index contributed by atoms with van der Waals surface area (Å²) in [6, 6.07) is 16.3. The quantitative estimate of drug-likeness (QED) is 0.625. The summed E-state index contributed by atoms with van der Waals surface area (Å²) >= 11 is 0. The molecule has 0 saturated carbocycles. The first kappa shape index (κ1) is 19.0. The van der Waals surface area contributed by atoms with Gasteiger partial charge in [0.1, 0.15) is 5.75 Å². The van der Waals surface area contributed by atoms with Gasteiger partial charge in [0.2, 0.25) is 5.95 Å². The molecule has 0 spiro atoms. The van der Waals surface area contributed by atoms with E-state index in [0.717, 1.165) is 30.1 Å². The molecule has 0 radical (unpaired) electrons. The van der Waals surface area contributed by atoms with Crippen molar-refractivity contribution in [3.8, 4) is 5.75 Å². The molecule has 1 aliphatic heterocycles. The minimum atomic E-state index is 0.459. The van der Waals surface area contributed by atoms with E-state index in [1.807, 2.05) is 24.3 Å². The molecule has 1 saturated heterocycles. The standard InChI is InChI=1S/C22H26N6O/c1-29-20-8-4-3-7-17(20)15-23-21-16-24-27-22(26-21)25-18-9-11-19(12-10-18)28-13-5-2-6-14-28/h3-4,7-12,16H,2,5-6,13-15H2,1H3,(H2,23,25,26,27). The highest BCUT2D eigenvalue weighted by Crippen LogP contribution is 2.23. The molecule has 2 aromatic carbocycles. The van der Waals surface area contributed by atoms with Crippen LogP contribution in [-0.2, 0) is 6.54 Å². The van der Waals surface area contributed by atoms with E-state index in [0.29, 0.717) is 18.3 Å². The molecule has 4 rings (SSSR count). The van der Waals surface area contributed by atoms with Crippen molar-refractivity contribution in [3.63, 3.8) is 0 Å². The fourth-order valence-electron chi connectivity index (χ4n) is 3.51. The molecule has 1 aliphatic rings. The number of nitrogens with zero attached hydrogens (tertiary/aromatic N) is 4. The normalized spacial score (nSPS) is 13.8. The van der Waals surface area contributed by atoms with Crippen LogP contribution in [0, 0.1) is 0 Å². The third-order valence-corrected chi connectivity index (χ3v) is 5.06. The van der Waals surface area contributed by atoms with E-state index >= 15 is 0 Å². The van der Waals surface area contributed by atoms with Gasteiger partial charge >= 0.3 is 0 Å². The second-order valence-corrected chi connectivity index (χ2v) is 7.05. The van der Waals surface area contributed by atoms with Crippen molar-refractivity contribution in [1.29, 1.82) is 0 Å². The van der Waals surface area contributed by atoms with Gasteiger partial charge in [0.15, 0.2) is 5.82 Å². The summed E-state index contributed by atoms with van der Waals surface area (Å²) in [5, 5.41) is 14.6. The first-order valence-electron chi connectivity index (χ1n) is 9.99. The third kappa shape index (κ3) is 4.93. The van der Waals surface area contributed by atoms with Gasteiger partial charge in [0, 0.05) is 36.6 Å². The van der Waals surface area contributed by atoms with Crippen molar-refractivity contribution in [2.75, 3.05) is 35.7 Å². The molecule has 0 amide bonds. The Morgan fingerprint density at radius 2 is 1.79 bits per heavy atom. The van der Waals surface area contributed by atoms with Crippen LogP contribution in [0.2, 0.25) is 0 Å². The lowest BCUT2D eigenvalue weighted by molar-refractivity contribution is 0.410. The van der Waals surface area contributed by atoms with Gasteiger partial charge in [-0.3, -0.25) is 0 Å². The molecule has 29 heavy (non-hydrogen) atoms. The second kappa shape index (κ2) is 9.23. The highest BCUT2D eigenvalue weighted by Gasteiger charge is 2.11. The smallest absolute Gasteiger partial charge is 0.249 e. The molecular formula is C22H26N6O. The van der Waals surface area contributed by atoms with Gasteiger partial charge in [-0.2, -0.15) is 10.1 Å². The maximum Gasteiger partial charge on any atom is 0.249 e. The van der Waals surface area contributed by atoms with Crippen molar-refractivity contribution in [1.82, 2.24) is 15.2 Å². The van der Waals surface area contributed by atoms with Gasteiger partial charge in [0.25, 0.3) is 0 Å². The molecule has 7 heteroatoms. The second-order valence-electron chi connectivity index (χ2n) is 7.05. The summed E-state index contributed by atoms with van der Waals surface area (Å²) in [5.41, 5.74) is 3.26. The maximum atomic E-state index is 5.39. The van der Waals surface area contributed by atoms with Crippen LogP contribution in [0.5, 0.6) is 5.75 Å². The van der Waals surface area contributed by atoms with Gasteiger partial charge in [0.05, 0.1) is 13.3 Å². The molecule has 2 heterocycles. The van der Waals surface area contributed by atoms with E-state index in [1.54, 1.807) is 13.3 Å². The van der Waals surface area contributed by atoms with Crippen LogP contribution in [0.4, 0.5) is 23.1 Å². The number of benzene rings is 2. The number of rotatable bonds is 7. The lowest BCUT2D eigenvalue weighted by Crippen LogP contribution is -2.29. The average Bonchev–Trinajstić information content (AvgIpc) is 2.79. The van der Waals surface area contributed by atoms with Crippen molar-refractivity contribution >= 4 is 23.1 Å². The molecular weight excluding hydrogens is 364 g/mol. The van der Waals surface area contributed by atoms with Gasteiger partial charge < -0.3 is 20.3 Å². The maximum absolute atomic E-state index is 5.39. The summed E-state index contributed by atoms with van der Waals surface area (Å²) in [7, 11) is 1.67. The first-order chi connectivity index (χ1) is 14.3. The van der Waals surface area contributed by atoms with Crippen LogP contribution in [-0.4, -0.2) is 35.4 Å². The highest BCUT2D eigenvalue weighted by molar-refractivity contribution is 5.59. The van der Waals surface area contributed by atoms with Crippen molar-refractivity contribution < 1.29 is 4.74 Å². The Hall–Kier alpha value is -3.35. The number of ether oxygens (including phenoxy) is 1. The zero-order valence-corrected chi connectivity index (χ0v) is 16.6. The molecule has 0 unspecified atom stereocenters. The minimum Gasteiger partial charge on any atom is -0.496 e. The number of para-hydroxylation sites is 1. The van der Waals surface area contributed by atoms with Crippen LogP contribution >= 0.6 is 0 Å². The molecule has 150 valence electrons. The molecule has 0 atom stereocenters. The van der Waals surface area contributed by atoms with Crippen LogP contribution in [0.25, 0.3) is 0 Å². The zero-order chi connectivity index (χ0) is 19.9. The van der Waals surface area contributed by atoms with Crippen LogP contribution in [0.1, 0.15) is 24.8 Å². The average molecular weight is 390 g/mol. The van der Waals surface area contributed by atoms with Crippen molar-refractivity contribution in [2.45, 2.75) is 25.8 Å². The number of aromatic nitrogens is 3. The van der Waals surface area contributed by atoms with E-state index < -0.39 is 0 Å². The Labute approximate surface area is 171 Å². The van der Waals surface area contributed by atoms with Gasteiger partial charge in [-0.05, 0) is 49.6 Å². The van der Waals surface area contributed by atoms with E-state index in [1.165, 1.54) is 24.9 Å². The lowest BCUT2D eigenvalue weighted by atomic mass is 10.1. The zero-order valence-electron chi connectivity index (χ0n) is 16.6. The Morgan fingerprint density at radius 1 is 1.00 bits per heavy atom. The molecule has 2 N–H and O–H groups in total. The predicted octanol–water partition coefficient (Wildman–Crippen LogP) is 4.23. The molecule has 0 aliphatic carbocycles. The summed E-state index contributed by atoms with van der Waals surface area (Å²) in [5.74, 6) is 1.95. The largest absolute Gasteiger partial charge is 0.496 e. The van der Waals surface area contributed by atoms with Crippen molar-refractivity contribution in [2.24, 2.45) is 0 Å². The number of hydrogen-bond donors (Lipinski definition) is 2. The number of piperidine rings is 1. The van der Waals surface area contributed by atoms with E-state index in [4.69, 9.17) is 4.74 Å². The van der Waals surface area contributed by atoms with Gasteiger partial charge in [-0.1, -0.05) is 18.2 Å². The van der Waals surface area contributed by atoms with E-state index in [2.05, 4.69) is 55.0 Å². The SMILES string of the molecule is COc1ccccc1CNc1cnnc(Nc2ccc(N3CCCCC3)cc2)n1. The third-order valence-electron chi connectivity index (χ3n) is 5.06. The van der Waals surface area contributed by atoms with Crippen LogP contribution in [0.15, 0.2) is 54.7 Å². The predicted molar refractivity (Wildman–Crippen MR) is 116 cm³/mol. The number of nitrogens with one attached hydrogen (secondary N) is 2. The lowest BCUT2D eigenvalue weighted by Gasteiger charge is -2.28. The molecule has 7 nitrogen and oxygen atoms in total. The molecule has 1 aromatic heterocycles.